The summed E-state index contributed by atoms with van der Waals surface area (Å²) in [5.74, 6) is 0.122. The van der Waals surface area contributed by atoms with Gasteiger partial charge < -0.3 is 5.32 Å². The molecule has 0 fully saturated rings. The lowest BCUT2D eigenvalue weighted by Crippen LogP contribution is -2.25. The van der Waals surface area contributed by atoms with Gasteiger partial charge >= 0.3 is 0 Å². The van der Waals surface area contributed by atoms with Crippen LogP contribution in [-0.4, -0.2) is 26.6 Å². The van der Waals surface area contributed by atoms with Crippen molar-refractivity contribution in [3.63, 3.8) is 0 Å². The Kier molecular flexibility index (Phi) is 5.85. The van der Waals surface area contributed by atoms with Gasteiger partial charge in [-0.3, -0.25) is 4.79 Å². The lowest BCUT2D eigenvalue weighted by molar-refractivity contribution is -0.120. The average molecular weight is 269 g/mol. The van der Waals surface area contributed by atoms with Crippen molar-refractivity contribution in [3.8, 4) is 0 Å². The molecule has 0 aliphatic heterocycles. The van der Waals surface area contributed by atoms with Crippen molar-refractivity contribution >= 4 is 15.7 Å². The van der Waals surface area contributed by atoms with Gasteiger partial charge in [0.15, 0.2) is 9.84 Å². The lowest BCUT2D eigenvalue weighted by Gasteiger charge is -2.05. The van der Waals surface area contributed by atoms with Gasteiger partial charge in [0.1, 0.15) is 0 Å². The Labute approximate surface area is 108 Å². The second kappa shape index (κ2) is 7.16. The maximum Gasteiger partial charge on any atom is 0.219 e. The third-order valence-corrected chi connectivity index (χ3v) is 4.19. The van der Waals surface area contributed by atoms with Crippen molar-refractivity contribution in [1.82, 2.24) is 5.32 Å². The molecule has 0 saturated carbocycles. The number of hydrogen-bond acceptors (Lipinski definition) is 3. The van der Waals surface area contributed by atoms with Crippen molar-refractivity contribution in [2.45, 2.75) is 25.5 Å². The van der Waals surface area contributed by atoms with E-state index in [9.17, 15) is 13.2 Å². The number of amides is 1. The van der Waals surface area contributed by atoms with Gasteiger partial charge in [-0.05, 0) is 12.0 Å². The van der Waals surface area contributed by atoms with Gasteiger partial charge in [0.2, 0.25) is 5.91 Å². The molecule has 1 aromatic carbocycles. The Hall–Kier alpha value is -1.36. The number of nitrogens with one attached hydrogen (secondary N) is 1. The molecule has 1 aromatic rings. The molecule has 1 amide bonds. The number of sulfone groups is 1. The number of hydrogen-bond donors (Lipinski definition) is 1. The lowest BCUT2D eigenvalue weighted by atomic mass is 10.2. The van der Waals surface area contributed by atoms with E-state index in [2.05, 4.69) is 5.32 Å². The van der Waals surface area contributed by atoms with E-state index in [-0.39, 0.29) is 17.4 Å². The first-order chi connectivity index (χ1) is 8.53. The summed E-state index contributed by atoms with van der Waals surface area (Å²) in [6.45, 7) is 2.18. The van der Waals surface area contributed by atoms with Crippen LogP contribution in [0.25, 0.3) is 0 Å². The smallest absolute Gasteiger partial charge is 0.219 e. The highest BCUT2D eigenvalue weighted by Crippen LogP contribution is 2.06. The van der Waals surface area contributed by atoms with Crippen LogP contribution in [0.4, 0.5) is 0 Å². The van der Waals surface area contributed by atoms with Crippen molar-refractivity contribution in [1.29, 1.82) is 0 Å². The first-order valence-corrected chi connectivity index (χ1v) is 7.86. The Morgan fingerprint density at radius 2 is 1.89 bits per heavy atom. The number of benzene rings is 1. The predicted octanol–water partition coefficient (Wildman–Crippen LogP) is 1.52. The molecule has 1 rings (SSSR count). The number of rotatable bonds is 7. The fourth-order valence-corrected chi connectivity index (χ4v) is 2.97. The topological polar surface area (TPSA) is 63.2 Å². The van der Waals surface area contributed by atoms with Gasteiger partial charge in [-0.25, -0.2) is 8.42 Å². The molecule has 0 aliphatic rings. The highest BCUT2D eigenvalue weighted by Gasteiger charge is 2.11. The Balaban J connectivity index is 2.35. The van der Waals surface area contributed by atoms with E-state index >= 15 is 0 Å². The third-order valence-electron chi connectivity index (χ3n) is 2.50. The third kappa shape index (κ3) is 5.82. The summed E-state index contributed by atoms with van der Waals surface area (Å²) in [6.07, 6.45) is 0.887. The fourth-order valence-electron chi connectivity index (χ4n) is 1.55. The Morgan fingerprint density at radius 1 is 1.22 bits per heavy atom. The van der Waals surface area contributed by atoms with Crippen LogP contribution >= 0.6 is 0 Å². The normalized spacial score (nSPS) is 11.2. The molecule has 0 heterocycles. The summed E-state index contributed by atoms with van der Waals surface area (Å²) in [7, 11) is -3.09. The van der Waals surface area contributed by atoms with E-state index in [0.29, 0.717) is 19.4 Å². The minimum absolute atomic E-state index is 0.0459. The zero-order chi connectivity index (χ0) is 13.4. The second-order valence-electron chi connectivity index (χ2n) is 4.13. The SMILES string of the molecule is CCC(=O)NCCCS(=O)(=O)Cc1ccccc1. The predicted molar refractivity (Wildman–Crippen MR) is 71.9 cm³/mol. The summed E-state index contributed by atoms with van der Waals surface area (Å²) in [5, 5.41) is 2.67. The molecule has 0 aliphatic carbocycles. The van der Waals surface area contributed by atoms with E-state index in [1.165, 1.54) is 0 Å². The van der Waals surface area contributed by atoms with Gasteiger partial charge in [0.05, 0.1) is 11.5 Å². The van der Waals surface area contributed by atoms with Gasteiger partial charge in [-0.2, -0.15) is 0 Å². The van der Waals surface area contributed by atoms with Crippen LogP contribution in [0, 0.1) is 0 Å². The largest absolute Gasteiger partial charge is 0.356 e. The van der Waals surface area contributed by atoms with E-state index in [0.717, 1.165) is 5.56 Å². The van der Waals surface area contributed by atoms with Gasteiger partial charge in [0, 0.05) is 13.0 Å². The van der Waals surface area contributed by atoms with Crippen molar-refractivity contribution in [3.05, 3.63) is 35.9 Å². The molecule has 0 unspecified atom stereocenters. The first kappa shape index (κ1) is 14.7. The summed E-state index contributed by atoms with van der Waals surface area (Å²) in [4.78, 5) is 11.0. The molecule has 5 heteroatoms. The average Bonchev–Trinajstić information content (AvgIpc) is 2.35. The summed E-state index contributed by atoms with van der Waals surface area (Å²) in [6, 6.07) is 9.11. The van der Waals surface area contributed by atoms with E-state index in [4.69, 9.17) is 0 Å². The van der Waals surface area contributed by atoms with Crippen LogP contribution in [0.5, 0.6) is 0 Å². The van der Waals surface area contributed by atoms with Gasteiger partial charge in [0.25, 0.3) is 0 Å². The zero-order valence-electron chi connectivity index (χ0n) is 10.6. The van der Waals surface area contributed by atoms with Crippen LogP contribution < -0.4 is 5.32 Å². The van der Waals surface area contributed by atoms with Crippen LogP contribution in [-0.2, 0) is 20.4 Å². The molecular formula is C13H19NO3S. The molecule has 0 bridgehead atoms. The molecule has 0 aromatic heterocycles. The Bertz CT molecular complexity index is 468. The van der Waals surface area contributed by atoms with Crippen molar-refractivity contribution in [2.24, 2.45) is 0 Å². The quantitative estimate of drug-likeness (QED) is 0.763. The van der Waals surface area contributed by atoms with Crippen LogP contribution in [0.3, 0.4) is 0 Å². The maximum atomic E-state index is 11.8. The standard InChI is InChI=1S/C13H19NO3S/c1-2-13(15)14-9-6-10-18(16,17)11-12-7-4-3-5-8-12/h3-5,7-8H,2,6,9-11H2,1H3,(H,14,15). The van der Waals surface area contributed by atoms with Crippen molar-refractivity contribution in [2.75, 3.05) is 12.3 Å². The second-order valence-corrected chi connectivity index (χ2v) is 6.32. The molecule has 0 spiro atoms. The number of carbonyl (C=O) groups excluding carboxylic acids is 1. The molecule has 0 saturated heterocycles. The van der Waals surface area contributed by atoms with E-state index in [1.54, 1.807) is 19.1 Å². The highest BCUT2D eigenvalue weighted by atomic mass is 32.2. The monoisotopic (exact) mass is 269 g/mol. The number of carbonyl (C=O) groups is 1. The summed E-state index contributed by atoms with van der Waals surface area (Å²) >= 11 is 0. The van der Waals surface area contributed by atoms with Crippen LogP contribution in [0.2, 0.25) is 0 Å². The maximum absolute atomic E-state index is 11.8. The molecule has 18 heavy (non-hydrogen) atoms. The zero-order valence-corrected chi connectivity index (χ0v) is 11.4. The molecule has 0 radical (unpaired) electrons. The van der Waals surface area contributed by atoms with Gasteiger partial charge in [-0.15, -0.1) is 0 Å². The van der Waals surface area contributed by atoms with Crippen LogP contribution in [0.15, 0.2) is 30.3 Å². The van der Waals surface area contributed by atoms with Crippen molar-refractivity contribution < 1.29 is 13.2 Å². The molecule has 0 atom stereocenters. The summed E-state index contributed by atoms with van der Waals surface area (Å²) in [5.41, 5.74) is 0.801. The molecule has 1 N–H and O–H groups in total. The van der Waals surface area contributed by atoms with Gasteiger partial charge in [-0.1, -0.05) is 37.3 Å². The van der Waals surface area contributed by atoms with E-state index < -0.39 is 9.84 Å². The minimum Gasteiger partial charge on any atom is -0.356 e. The minimum atomic E-state index is -3.09. The Morgan fingerprint density at radius 3 is 2.50 bits per heavy atom. The first-order valence-electron chi connectivity index (χ1n) is 6.04. The molecule has 4 nitrogen and oxygen atoms in total. The molecule has 100 valence electrons. The van der Waals surface area contributed by atoms with Crippen LogP contribution in [0.1, 0.15) is 25.3 Å². The summed E-state index contributed by atoms with van der Waals surface area (Å²) < 4.78 is 23.6. The fraction of sp³-hybridized carbons (Fsp3) is 0.462. The molecular weight excluding hydrogens is 250 g/mol. The highest BCUT2D eigenvalue weighted by molar-refractivity contribution is 7.90. The van der Waals surface area contributed by atoms with E-state index in [1.807, 2.05) is 18.2 Å².